The first-order chi connectivity index (χ1) is 24.5. The van der Waals surface area contributed by atoms with Crippen molar-refractivity contribution in [2.45, 2.75) is 106 Å². The fraction of sp³-hybridized carbons (Fsp3) is 0.641. The van der Waals surface area contributed by atoms with E-state index in [1.165, 1.54) is 12.0 Å². The lowest BCUT2D eigenvalue weighted by molar-refractivity contribution is -0.163. The van der Waals surface area contributed by atoms with Crippen LogP contribution in [-0.4, -0.2) is 107 Å². The molecular weight excluding hydrogens is 718 g/mol. The van der Waals surface area contributed by atoms with Crippen molar-refractivity contribution in [3.63, 3.8) is 0 Å². The molecule has 3 amide bonds. The van der Waals surface area contributed by atoms with Gasteiger partial charge in [0.2, 0.25) is 17.7 Å². The van der Waals surface area contributed by atoms with Crippen molar-refractivity contribution < 1.29 is 38.5 Å². The molecule has 3 heterocycles. The zero-order valence-electron chi connectivity index (χ0n) is 30.5. The number of hydrogen-bond donors (Lipinski definition) is 2. The Morgan fingerprint density at radius 1 is 1.20 bits per heavy atom. The van der Waals surface area contributed by atoms with Crippen LogP contribution in [0.15, 0.2) is 55.6 Å². The molecule has 0 radical (unpaired) electrons. The maximum absolute atomic E-state index is 14.8. The molecule has 3 saturated heterocycles. The highest BCUT2D eigenvalue weighted by molar-refractivity contribution is 9.09. The van der Waals surface area contributed by atoms with Gasteiger partial charge in [-0.25, -0.2) is 0 Å². The molecule has 0 aliphatic carbocycles. The lowest BCUT2D eigenvalue weighted by atomic mass is 9.70. The molecule has 1 unspecified atom stereocenters. The average molecular weight is 775 g/mol. The largest absolute Gasteiger partial charge is 0.455 e. The SMILES string of the molecule is C=CCCC(=O)N[C@H](COC)[C@H](OC(=O)[C@H]1[C@@H]2O[C@@]3(CC2Br)[C@@H]1C(=O)N([C@@H](CO)[C@@H](C)CC)[C@@H]3C(=O)N(CC=C)CCCCC)c1ccccc1. The summed E-state index contributed by atoms with van der Waals surface area (Å²) >= 11 is 3.75. The fourth-order valence-electron chi connectivity index (χ4n) is 8.09. The lowest BCUT2D eigenvalue weighted by Crippen LogP contribution is -2.60. The average Bonchev–Trinajstić information content (AvgIpc) is 3.72. The molecule has 282 valence electrons. The van der Waals surface area contributed by atoms with Gasteiger partial charge in [-0.05, 0) is 30.7 Å². The molecule has 3 fully saturated rings. The van der Waals surface area contributed by atoms with Crippen molar-refractivity contribution in [3.05, 3.63) is 61.2 Å². The summed E-state index contributed by atoms with van der Waals surface area (Å²) in [6, 6.07) is 6.64. The number of esters is 1. The standard InChI is InChI=1S/C39H56BrN3O8/c1-7-11-16-21-42(20-9-3)37(47)35-39-22-27(40)34(51-39)31(32(39)36(46)43(35)29(23-44)25(5)10-4)38(48)50-33(26-17-14-13-15-18-26)28(24-49-6)41-30(45)19-12-8-2/h8-9,13-15,17-18,25,27-29,31-35,44H,2-3,7,10-12,16,19-24H2,1,4-6H3,(H,41,45)/t25-,27?,28+,29-,31+,32-,33+,34+,35+,39-/m0/s1. The summed E-state index contributed by atoms with van der Waals surface area (Å²) < 4.78 is 18.6. The van der Waals surface area contributed by atoms with E-state index in [9.17, 15) is 24.3 Å². The molecule has 3 aliphatic rings. The minimum atomic E-state index is -1.32. The number of aliphatic hydroxyl groups is 1. The van der Waals surface area contributed by atoms with Crippen LogP contribution in [0.1, 0.15) is 77.4 Å². The number of nitrogens with one attached hydrogen (secondary N) is 1. The number of unbranched alkanes of at least 4 members (excludes halogenated alkanes) is 2. The van der Waals surface area contributed by atoms with E-state index in [0.29, 0.717) is 37.9 Å². The van der Waals surface area contributed by atoms with Crippen LogP contribution in [0.2, 0.25) is 0 Å². The first kappa shape index (κ1) is 40.7. The number of likely N-dealkylation sites (tertiary alicyclic amines) is 1. The number of nitrogens with zero attached hydrogens (tertiary/aromatic N) is 2. The van der Waals surface area contributed by atoms with Gasteiger partial charge in [0.1, 0.15) is 17.7 Å². The van der Waals surface area contributed by atoms with Gasteiger partial charge in [0, 0.05) is 31.4 Å². The number of alkyl halides is 1. The molecule has 11 nitrogen and oxygen atoms in total. The van der Waals surface area contributed by atoms with Crippen molar-refractivity contribution >= 4 is 39.6 Å². The summed E-state index contributed by atoms with van der Waals surface area (Å²) in [7, 11) is 1.51. The number of aliphatic hydroxyl groups excluding tert-OH is 1. The second-order valence-electron chi connectivity index (χ2n) is 14.0. The Labute approximate surface area is 311 Å². The summed E-state index contributed by atoms with van der Waals surface area (Å²) in [6.07, 6.45) is 6.01. The monoisotopic (exact) mass is 773 g/mol. The summed E-state index contributed by atoms with van der Waals surface area (Å²) in [5, 5.41) is 13.7. The third-order valence-electron chi connectivity index (χ3n) is 10.8. The number of rotatable bonds is 21. The predicted molar refractivity (Wildman–Crippen MR) is 198 cm³/mol. The molecule has 0 aromatic heterocycles. The predicted octanol–water partition coefficient (Wildman–Crippen LogP) is 4.73. The Hall–Kier alpha value is -3.06. The van der Waals surface area contributed by atoms with Crippen molar-refractivity contribution in [3.8, 4) is 0 Å². The maximum Gasteiger partial charge on any atom is 0.313 e. The van der Waals surface area contributed by atoms with E-state index in [2.05, 4.69) is 41.3 Å². The van der Waals surface area contributed by atoms with Crippen molar-refractivity contribution in [1.82, 2.24) is 15.1 Å². The van der Waals surface area contributed by atoms with Crippen LogP contribution < -0.4 is 5.32 Å². The highest BCUT2D eigenvalue weighted by Gasteiger charge is 2.77. The molecule has 2 N–H and O–H groups in total. The number of methoxy groups -OCH3 is 1. The molecule has 0 saturated carbocycles. The van der Waals surface area contributed by atoms with Crippen LogP contribution in [0.4, 0.5) is 0 Å². The smallest absolute Gasteiger partial charge is 0.313 e. The van der Waals surface area contributed by atoms with Crippen LogP contribution in [0.5, 0.6) is 0 Å². The van der Waals surface area contributed by atoms with E-state index < -0.39 is 59.6 Å². The van der Waals surface area contributed by atoms with Crippen molar-refractivity contribution in [1.29, 1.82) is 0 Å². The van der Waals surface area contributed by atoms with Gasteiger partial charge in [0.15, 0.2) is 0 Å². The molecule has 2 bridgehead atoms. The molecule has 4 rings (SSSR count). The van der Waals surface area contributed by atoms with E-state index in [1.54, 1.807) is 17.1 Å². The van der Waals surface area contributed by atoms with E-state index in [-0.39, 0.29) is 42.2 Å². The van der Waals surface area contributed by atoms with Crippen LogP contribution in [0.25, 0.3) is 0 Å². The number of amides is 3. The Kier molecular flexibility index (Phi) is 14.9. The molecule has 1 aromatic carbocycles. The highest BCUT2D eigenvalue weighted by Crippen LogP contribution is 2.61. The fourth-order valence-corrected chi connectivity index (χ4v) is 9.03. The molecule has 51 heavy (non-hydrogen) atoms. The third kappa shape index (κ3) is 8.45. The first-order valence-corrected chi connectivity index (χ1v) is 19.3. The topological polar surface area (TPSA) is 135 Å². The van der Waals surface area contributed by atoms with Crippen molar-refractivity contribution in [2.24, 2.45) is 17.8 Å². The van der Waals surface area contributed by atoms with Gasteiger partial charge < -0.3 is 34.4 Å². The van der Waals surface area contributed by atoms with Crippen LogP contribution in [-0.2, 0) is 33.4 Å². The van der Waals surface area contributed by atoms with Gasteiger partial charge in [0.05, 0.1) is 43.2 Å². The van der Waals surface area contributed by atoms with E-state index in [0.717, 1.165) is 19.3 Å². The highest BCUT2D eigenvalue weighted by atomic mass is 79.9. The number of benzene rings is 1. The molecule has 1 spiro atoms. The maximum atomic E-state index is 14.8. The number of carbonyl (C=O) groups is 4. The zero-order chi connectivity index (χ0) is 37.3. The van der Waals surface area contributed by atoms with Gasteiger partial charge in [-0.3, -0.25) is 19.2 Å². The summed E-state index contributed by atoms with van der Waals surface area (Å²) in [5.74, 6) is -3.79. The summed E-state index contributed by atoms with van der Waals surface area (Å²) in [5.41, 5.74) is -0.683. The molecule has 1 aromatic rings. The lowest BCUT2D eigenvalue weighted by Gasteiger charge is -2.41. The minimum absolute atomic E-state index is 0.0548. The number of allylic oxidation sites excluding steroid dienone is 1. The molecule has 10 atom stereocenters. The van der Waals surface area contributed by atoms with Gasteiger partial charge in [-0.1, -0.05) is 98.4 Å². The number of fused-ring (bicyclic) bond motifs is 1. The van der Waals surface area contributed by atoms with Gasteiger partial charge in [-0.2, -0.15) is 0 Å². The van der Waals surface area contributed by atoms with Crippen molar-refractivity contribution in [2.75, 3.05) is 33.4 Å². The number of ether oxygens (including phenoxy) is 3. The molecule has 12 heteroatoms. The Balaban J connectivity index is 1.76. The van der Waals surface area contributed by atoms with Gasteiger partial charge in [0.25, 0.3) is 0 Å². The number of halogens is 1. The second kappa shape index (κ2) is 18.6. The normalized spacial score (nSPS) is 27.3. The summed E-state index contributed by atoms with van der Waals surface area (Å²) in [6.45, 7) is 14.1. The van der Waals surface area contributed by atoms with E-state index in [1.807, 2.05) is 44.2 Å². The van der Waals surface area contributed by atoms with Crippen LogP contribution >= 0.6 is 15.9 Å². The van der Waals surface area contributed by atoms with Gasteiger partial charge >= 0.3 is 5.97 Å². The zero-order valence-corrected chi connectivity index (χ0v) is 32.1. The van der Waals surface area contributed by atoms with Crippen LogP contribution in [0.3, 0.4) is 0 Å². The molecular formula is C39H56BrN3O8. The van der Waals surface area contributed by atoms with E-state index >= 15 is 0 Å². The number of hydrogen-bond acceptors (Lipinski definition) is 8. The first-order valence-electron chi connectivity index (χ1n) is 18.3. The van der Waals surface area contributed by atoms with E-state index in [4.69, 9.17) is 14.2 Å². The van der Waals surface area contributed by atoms with Gasteiger partial charge in [-0.15, -0.1) is 13.2 Å². The molecule has 3 aliphatic heterocycles. The third-order valence-corrected chi connectivity index (χ3v) is 11.6. The Morgan fingerprint density at radius 2 is 1.92 bits per heavy atom. The second-order valence-corrected chi connectivity index (χ2v) is 15.2. The minimum Gasteiger partial charge on any atom is -0.455 e. The summed E-state index contributed by atoms with van der Waals surface area (Å²) in [4.78, 5) is 60.0. The number of carbonyl (C=O) groups excluding carboxylic acids is 4. The quantitative estimate of drug-likeness (QED) is 0.0794. The Bertz CT molecular complexity index is 1380. The Morgan fingerprint density at radius 3 is 2.53 bits per heavy atom. The van der Waals surface area contributed by atoms with Crippen LogP contribution in [0, 0.1) is 17.8 Å².